The molecule has 0 spiro atoms. The van der Waals surface area contributed by atoms with Gasteiger partial charge in [0, 0.05) is 7.05 Å². The highest BCUT2D eigenvalue weighted by Gasteiger charge is 2.28. The van der Waals surface area contributed by atoms with Crippen molar-refractivity contribution in [1.29, 1.82) is 0 Å². The second kappa shape index (κ2) is 10.4. The molecule has 0 unspecified atom stereocenters. The highest BCUT2D eigenvalue weighted by atomic mass is 32.2. The SMILES string of the molecule is Cc1ccc(OCCOCCOc2ccc(/C=C3\SC(=S)N(C)C3=O)cc2)cc1. The smallest absolute Gasteiger partial charge is 0.265 e. The minimum Gasteiger partial charge on any atom is -0.491 e. The fourth-order valence-corrected chi connectivity index (χ4v) is 3.71. The number of nitrogens with zero attached hydrogens (tertiary/aromatic N) is 1. The number of carbonyl (C=O) groups is 1. The lowest BCUT2D eigenvalue weighted by Crippen LogP contribution is -2.22. The largest absolute Gasteiger partial charge is 0.491 e. The monoisotopic (exact) mass is 429 g/mol. The van der Waals surface area contributed by atoms with Gasteiger partial charge in [-0.3, -0.25) is 9.69 Å². The summed E-state index contributed by atoms with van der Waals surface area (Å²) in [5.41, 5.74) is 2.13. The van der Waals surface area contributed by atoms with E-state index >= 15 is 0 Å². The van der Waals surface area contributed by atoms with E-state index in [1.54, 1.807) is 7.05 Å². The van der Waals surface area contributed by atoms with Crippen LogP contribution >= 0.6 is 24.0 Å². The summed E-state index contributed by atoms with van der Waals surface area (Å²) < 4.78 is 17.4. The van der Waals surface area contributed by atoms with Crippen LogP contribution in [0.3, 0.4) is 0 Å². The third kappa shape index (κ3) is 6.32. The molecule has 2 aromatic rings. The van der Waals surface area contributed by atoms with Gasteiger partial charge in [0.1, 0.15) is 29.0 Å². The summed E-state index contributed by atoms with van der Waals surface area (Å²) in [5.74, 6) is 1.53. The Morgan fingerprint density at radius 2 is 1.48 bits per heavy atom. The van der Waals surface area contributed by atoms with Gasteiger partial charge in [0.15, 0.2) is 0 Å². The van der Waals surface area contributed by atoms with Crippen molar-refractivity contribution in [3.63, 3.8) is 0 Å². The van der Waals surface area contributed by atoms with Gasteiger partial charge < -0.3 is 14.2 Å². The van der Waals surface area contributed by atoms with Gasteiger partial charge in [0.2, 0.25) is 0 Å². The van der Waals surface area contributed by atoms with E-state index in [0.29, 0.717) is 35.7 Å². The van der Waals surface area contributed by atoms with Crippen molar-refractivity contribution in [2.45, 2.75) is 6.92 Å². The summed E-state index contributed by atoms with van der Waals surface area (Å²) in [6, 6.07) is 15.5. The molecule has 0 radical (unpaired) electrons. The van der Waals surface area contributed by atoms with Gasteiger partial charge in [-0.25, -0.2) is 0 Å². The molecule has 152 valence electrons. The number of hydrogen-bond acceptors (Lipinski definition) is 6. The second-order valence-corrected chi connectivity index (χ2v) is 8.11. The molecule has 0 N–H and O–H groups in total. The summed E-state index contributed by atoms with van der Waals surface area (Å²) in [6.45, 7) is 3.99. The number of ether oxygens (including phenoxy) is 3. The number of rotatable bonds is 9. The maximum absolute atomic E-state index is 12.0. The highest BCUT2D eigenvalue weighted by Crippen LogP contribution is 2.31. The number of amides is 1. The molecule has 7 heteroatoms. The second-order valence-electron chi connectivity index (χ2n) is 6.43. The Labute approximate surface area is 180 Å². The zero-order valence-electron chi connectivity index (χ0n) is 16.4. The molecule has 1 aliphatic rings. The zero-order chi connectivity index (χ0) is 20.6. The minimum absolute atomic E-state index is 0.0659. The Bertz CT molecular complexity index is 879. The molecule has 29 heavy (non-hydrogen) atoms. The van der Waals surface area contributed by atoms with E-state index < -0.39 is 0 Å². The number of hydrogen-bond donors (Lipinski definition) is 0. The van der Waals surface area contributed by atoms with Crippen LogP contribution in [0.25, 0.3) is 6.08 Å². The molecule has 0 saturated carbocycles. The van der Waals surface area contributed by atoms with E-state index in [2.05, 4.69) is 0 Å². The molecule has 1 saturated heterocycles. The molecule has 0 aromatic heterocycles. The maximum atomic E-state index is 12.0. The predicted octanol–water partition coefficient (Wildman–Crippen LogP) is 4.30. The summed E-state index contributed by atoms with van der Waals surface area (Å²) in [5, 5.41) is 0. The Balaban J connectivity index is 1.34. The first-order chi connectivity index (χ1) is 14.0. The molecule has 0 aliphatic carbocycles. The average Bonchev–Trinajstić information content (AvgIpc) is 2.96. The third-order valence-corrected chi connectivity index (χ3v) is 5.66. The molecule has 3 rings (SSSR count). The van der Waals surface area contributed by atoms with Crippen molar-refractivity contribution >= 4 is 40.3 Å². The van der Waals surface area contributed by atoms with Crippen LogP contribution in [0, 0.1) is 6.92 Å². The number of likely N-dealkylation sites (N-methyl/N-ethyl adjacent to an activating group) is 1. The number of thiocarbonyl (C=S) groups is 1. The van der Waals surface area contributed by atoms with Crippen LogP contribution in [0.1, 0.15) is 11.1 Å². The standard InChI is InChI=1S/C22H23NO4S2/c1-16-3-7-18(8-4-16)26-13-11-25-12-14-27-19-9-5-17(6-10-19)15-20-21(24)23(2)22(28)29-20/h3-10,15H,11-14H2,1-2H3/b20-15-. The Morgan fingerprint density at radius 1 is 0.931 bits per heavy atom. The molecule has 1 amide bonds. The van der Waals surface area contributed by atoms with Crippen molar-refractivity contribution in [2.75, 3.05) is 33.5 Å². The van der Waals surface area contributed by atoms with Crippen LogP contribution in [0.2, 0.25) is 0 Å². The Hall–Kier alpha value is -2.35. The van der Waals surface area contributed by atoms with E-state index in [-0.39, 0.29) is 5.91 Å². The number of aryl methyl sites for hydroxylation is 1. The first-order valence-electron chi connectivity index (χ1n) is 9.24. The number of carbonyl (C=O) groups excluding carboxylic acids is 1. The van der Waals surface area contributed by atoms with Gasteiger partial charge >= 0.3 is 0 Å². The van der Waals surface area contributed by atoms with Crippen molar-refractivity contribution in [2.24, 2.45) is 0 Å². The number of benzene rings is 2. The van der Waals surface area contributed by atoms with Crippen molar-refractivity contribution in [1.82, 2.24) is 4.90 Å². The maximum Gasteiger partial charge on any atom is 0.265 e. The molecule has 5 nitrogen and oxygen atoms in total. The fraction of sp³-hybridized carbons (Fsp3) is 0.273. The molecule has 0 bridgehead atoms. The highest BCUT2D eigenvalue weighted by molar-refractivity contribution is 8.26. The molecular formula is C22H23NO4S2. The lowest BCUT2D eigenvalue weighted by Gasteiger charge is -2.09. The fourth-order valence-electron chi connectivity index (χ4n) is 2.53. The average molecular weight is 430 g/mol. The topological polar surface area (TPSA) is 48.0 Å². The quantitative estimate of drug-likeness (QED) is 0.337. The molecule has 1 aliphatic heterocycles. The lowest BCUT2D eigenvalue weighted by molar-refractivity contribution is -0.121. The third-order valence-electron chi connectivity index (χ3n) is 4.18. The van der Waals surface area contributed by atoms with Crippen molar-refractivity contribution in [3.8, 4) is 11.5 Å². The van der Waals surface area contributed by atoms with Gasteiger partial charge in [0.25, 0.3) is 5.91 Å². The van der Waals surface area contributed by atoms with Gasteiger partial charge in [-0.05, 0) is 42.8 Å². The molecule has 2 aromatic carbocycles. The first kappa shape index (κ1) is 21.4. The van der Waals surface area contributed by atoms with E-state index in [1.165, 1.54) is 22.2 Å². The van der Waals surface area contributed by atoms with Crippen LogP contribution in [-0.2, 0) is 9.53 Å². The predicted molar refractivity (Wildman–Crippen MR) is 120 cm³/mol. The van der Waals surface area contributed by atoms with E-state index in [1.807, 2.05) is 61.5 Å². The molecule has 1 heterocycles. The zero-order valence-corrected chi connectivity index (χ0v) is 18.1. The van der Waals surface area contributed by atoms with E-state index in [0.717, 1.165) is 17.1 Å². The molecular weight excluding hydrogens is 406 g/mol. The van der Waals surface area contributed by atoms with E-state index in [9.17, 15) is 4.79 Å². The van der Waals surface area contributed by atoms with E-state index in [4.69, 9.17) is 26.4 Å². The van der Waals surface area contributed by atoms with Crippen LogP contribution in [-0.4, -0.2) is 48.6 Å². The first-order valence-corrected chi connectivity index (χ1v) is 10.5. The summed E-state index contributed by atoms with van der Waals surface area (Å²) >= 11 is 6.45. The normalized spacial score (nSPS) is 15.2. The minimum atomic E-state index is -0.0659. The summed E-state index contributed by atoms with van der Waals surface area (Å²) in [4.78, 5) is 14.1. The van der Waals surface area contributed by atoms with Crippen LogP contribution in [0.15, 0.2) is 53.4 Å². The molecule has 1 fully saturated rings. The van der Waals surface area contributed by atoms with Gasteiger partial charge in [-0.2, -0.15) is 0 Å². The van der Waals surface area contributed by atoms with Gasteiger partial charge in [-0.15, -0.1) is 0 Å². The Morgan fingerprint density at radius 3 is 2.00 bits per heavy atom. The number of thioether (sulfide) groups is 1. The summed E-state index contributed by atoms with van der Waals surface area (Å²) in [7, 11) is 1.69. The Kier molecular flexibility index (Phi) is 7.69. The van der Waals surface area contributed by atoms with Gasteiger partial charge in [0.05, 0.1) is 18.1 Å². The van der Waals surface area contributed by atoms with Crippen molar-refractivity contribution < 1.29 is 19.0 Å². The van der Waals surface area contributed by atoms with Crippen LogP contribution in [0.4, 0.5) is 0 Å². The van der Waals surface area contributed by atoms with Gasteiger partial charge in [-0.1, -0.05) is 53.8 Å². The summed E-state index contributed by atoms with van der Waals surface area (Å²) in [6.07, 6.45) is 1.84. The van der Waals surface area contributed by atoms with Crippen LogP contribution < -0.4 is 9.47 Å². The van der Waals surface area contributed by atoms with Crippen molar-refractivity contribution in [3.05, 3.63) is 64.6 Å². The lowest BCUT2D eigenvalue weighted by atomic mass is 10.2. The van der Waals surface area contributed by atoms with Crippen LogP contribution in [0.5, 0.6) is 11.5 Å². The molecule has 0 atom stereocenters.